The van der Waals surface area contributed by atoms with Crippen molar-refractivity contribution in [2.45, 2.75) is 32.2 Å². The Morgan fingerprint density at radius 1 is 1.30 bits per heavy atom. The Balaban J connectivity index is 2.02. The lowest BCUT2D eigenvalue weighted by Crippen LogP contribution is -2.03. The molecule has 0 bridgehead atoms. The Labute approximate surface area is 127 Å². The van der Waals surface area contributed by atoms with Gasteiger partial charge in [-0.2, -0.15) is 11.8 Å². The predicted molar refractivity (Wildman–Crippen MR) is 86.0 cm³/mol. The zero-order valence-electron chi connectivity index (χ0n) is 11.5. The first-order valence-corrected chi connectivity index (χ1v) is 8.50. The quantitative estimate of drug-likeness (QED) is 0.773. The lowest BCUT2D eigenvalue weighted by molar-refractivity contribution is 0.595. The molecule has 3 nitrogen and oxygen atoms in total. The highest BCUT2D eigenvalue weighted by Crippen LogP contribution is 2.25. The van der Waals surface area contributed by atoms with E-state index in [4.69, 9.17) is 17.3 Å². The summed E-state index contributed by atoms with van der Waals surface area (Å²) in [6.07, 6.45) is 6.75. The molecule has 0 fully saturated rings. The van der Waals surface area contributed by atoms with Crippen molar-refractivity contribution in [3.63, 3.8) is 0 Å². The summed E-state index contributed by atoms with van der Waals surface area (Å²) in [6.45, 7) is 0.767. The monoisotopic (exact) mass is 315 g/mol. The highest BCUT2D eigenvalue weighted by atomic mass is 35.5. The van der Waals surface area contributed by atoms with E-state index in [9.17, 15) is 4.39 Å². The molecule has 1 aromatic carbocycles. The van der Waals surface area contributed by atoms with Crippen LogP contribution in [0.15, 0.2) is 12.1 Å². The maximum absolute atomic E-state index is 13.5. The molecule has 1 aromatic heterocycles. The molecule has 0 aliphatic heterocycles. The van der Waals surface area contributed by atoms with Gasteiger partial charge in [-0.05, 0) is 30.9 Å². The number of aromatic nitrogens is 2. The summed E-state index contributed by atoms with van der Waals surface area (Å²) in [7, 11) is 0. The van der Waals surface area contributed by atoms with Crippen LogP contribution in [0.1, 0.15) is 25.7 Å². The number of nitrogens with two attached hydrogens (primary N) is 1. The molecule has 2 rings (SSSR count). The van der Waals surface area contributed by atoms with Crippen LogP contribution >= 0.6 is 23.4 Å². The first kappa shape index (κ1) is 15.4. The predicted octanol–water partition coefficient (Wildman–Crippen LogP) is 4.33. The molecule has 1 heterocycles. The first-order valence-electron chi connectivity index (χ1n) is 6.73. The summed E-state index contributed by atoms with van der Waals surface area (Å²) in [5, 5.41) is 0.0826. The summed E-state index contributed by atoms with van der Waals surface area (Å²) in [6, 6.07) is 2.94. The zero-order chi connectivity index (χ0) is 14.5. The summed E-state index contributed by atoms with van der Waals surface area (Å²) in [5.74, 6) is 1.20. The molecule has 0 radical (unpaired) electrons. The van der Waals surface area contributed by atoms with Crippen LogP contribution in [-0.4, -0.2) is 21.6 Å². The lowest BCUT2D eigenvalue weighted by Gasteiger charge is -2.06. The molecule has 0 aliphatic rings. The SMILES string of the molecule is CSCCCCCCn1c(N)nc2cc(Cl)c(F)cc21. The van der Waals surface area contributed by atoms with Crippen molar-refractivity contribution in [2.24, 2.45) is 0 Å². The van der Waals surface area contributed by atoms with E-state index in [2.05, 4.69) is 11.2 Å². The Morgan fingerprint density at radius 3 is 2.80 bits per heavy atom. The summed E-state index contributed by atoms with van der Waals surface area (Å²) >= 11 is 7.63. The van der Waals surface area contributed by atoms with Crippen LogP contribution in [-0.2, 0) is 6.54 Å². The van der Waals surface area contributed by atoms with E-state index in [1.807, 2.05) is 16.3 Å². The Morgan fingerprint density at radius 2 is 2.05 bits per heavy atom. The van der Waals surface area contributed by atoms with E-state index < -0.39 is 5.82 Å². The van der Waals surface area contributed by atoms with Crippen LogP contribution in [0.5, 0.6) is 0 Å². The highest BCUT2D eigenvalue weighted by Gasteiger charge is 2.11. The minimum Gasteiger partial charge on any atom is -0.369 e. The number of unbranched alkanes of at least 4 members (excludes halogenated alkanes) is 3. The van der Waals surface area contributed by atoms with Gasteiger partial charge in [0.25, 0.3) is 0 Å². The molecule has 6 heteroatoms. The molecule has 2 aromatic rings. The minimum absolute atomic E-state index is 0.0826. The van der Waals surface area contributed by atoms with Gasteiger partial charge in [-0.3, -0.25) is 0 Å². The van der Waals surface area contributed by atoms with E-state index in [0.29, 0.717) is 17.0 Å². The fraction of sp³-hybridized carbons (Fsp3) is 0.500. The number of benzene rings is 1. The number of rotatable bonds is 7. The van der Waals surface area contributed by atoms with Gasteiger partial charge in [0.2, 0.25) is 5.95 Å². The molecule has 0 saturated carbocycles. The summed E-state index contributed by atoms with van der Waals surface area (Å²) < 4.78 is 15.4. The van der Waals surface area contributed by atoms with Gasteiger partial charge < -0.3 is 10.3 Å². The average Bonchev–Trinajstić information content (AvgIpc) is 2.70. The van der Waals surface area contributed by atoms with Crippen LogP contribution in [0.3, 0.4) is 0 Å². The number of halogens is 2. The van der Waals surface area contributed by atoms with E-state index in [-0.39, 0.29) is 5.02 Å². The van der Waals surface area contributed by atoms with Crippen molar-refractivity contribution in [3.05, 3.63) is 23.0 Å². The van der Waals surface area contributed by atoms with Gasteiger partial charge in [0.15, 0.2) is 0 Å². The highest BCUT2D eigenvalue weighted by molar-refractivity contribution is 7.98. The molecule has 0 atom stereocenters. The fourth-order valence-corrected chi connectivity index (χ4v) is 2.89. The molecule has 0 amide bonds. The van der Waals surface area contributed by atoms with E-state index in [1.165, 1.54) is 30.7 Å². The van der Waals surface area contributed by atoms with E-state index in [1.54, 1.807) is 0 Å². The van der Waals surface area contributed by atoms with Crippen LogP contribution in [0.4, 0.5) is 10.3 Å². The number of aryl methyl sites for hydroxylation is 1. The maximum atomic E-state index is 13.5. The number of thioether (sulfide) groups is 1. The van der Waals surface area contributed by atoms with Gasteiger partial charge in [0, 0.05) is 12.6 Å². The summed E-state index contributed by atoms with van der Waals surface area (Å²) in [5.41, 5.74) is 7.26. The number of hydrogen-bond acceptors (Lipinski definition) is 3. The van der Waals surface area contributed by atoms with Gasteiger partial charge in [0.05, 0.1) is 16.1 Å². The van der Waals surface area contributed by atoms with E-state index >= 15 is 0 Å². The van der Waals surface area contributed by atoms with Crippen molar-refractivity contribution >= 4 is 40.3 Å². The van der Waals surface area contributed by atoms with Crippen molar-refractivity contribution in [2.75, 3.05) is 17.7 Å². The largest absolute Gasteiger partial charge is 0.369 e. The molecule has 0 saturated heterocycles. The second kappa shape index (κ2) is 7.18. The van der Waals surface area contributed by atoms with Crippen LogP contribution in [0.25, 0.3) is 11.0 Å². The second-order valence-electron chi connectivity index (χ2n) is 4.78. The third kappa shape index (κ3) is 3.58. The number of nitrogens with zero attached hydrogens (tertiary/aromatic N) is 2. The number of anilines is 1. The number of imidazole rings is 1. The normalized spacial score (nSPS) is 11.3. The van der Waals surface area contributed by atoms with Crippen molar-refractivity contribution in [3.8, 4) is 0 Å². The number of hydrogen-bond donors (Lipinski definition) is 1. The second-order valence-corrected chi connectivity index (χ2v) is 6.18. The van der Waals surface area contributed by atoms with Crippen molar-refractivity contribution in [1.82, 2.24) is 9.55 Å². The number of fused-ring (bicyclic) bond motifs is 1. The van der Waals surface area contributed by atoms with Gasteiger partial charge in [-0.15, -0.1) is 0 Å². The average molecular weight is 316 g/mol. The van der Waals surface area contributed by atoms with Crippen LogP contribution < -0.4 is 5.73 Å². The van der Waals surface area contributed by atoms with Crippen LogP contribution in [0, 0.1) is 5.82 Å². The van der Waals surface area contributed by atoms with Crippen molar-refractivity contribution in [1.29, 1.82) is 0 Å². The van der Waals surface area contributed by atoms with Gasteiger partial charge in [-0.1, -0.05) is 24.4 Å². The fourth-order valence-electron chi connectivity index (χ4n) is 2.24. The molecule has 0 aliphatic carbocycles. The Bertz CT molecular complexity index is 585. The zero-order valence-corrected chi connectivity index (χ0v) is 13.1. The third-order valence-electron chi connectivity index (χ3n) is 3.30. The molecular weight excluding hydrogens is 297 g/mol. The van der Waals surface area contributed by atoms with Crippen LogP contribution in [0.2, 0.25) is 5.02 Å². The molecule has 110 valence electrons. The molecule has 0 spiro atoms. The Kier molecular flexibility index (Phi) is 5.54. The smallest absolute Gasteiger partial charge is 0.201 e. The first-order chi connectivity index (χ1) is 9.63. The van der Waals surface area contributed by atoms with E-state index in [0.717, 1.165) is 19.4 Å². The van der Waals surface area contributed by atoms with Gasteiger partial charge in [0.1, 0.15) is 5.82 Å². The van der Waals surface area contributed by atoms with Gasteiger partial charge in [-0.25, -0.2) is 9.37 Å². The third-order valence-corrected chi connectivity index (χ3v) is 4.29. The summed E-state index contributed by atoms with van der Waals surface area (Å²) in [4.78, 5) is 4.23. The molecule has 2 N–H and O–H groups in total. The Hall–Kier alpha value is -0.940. The minimum atomic E-state index is -0.430. The standard InChI is InChI=1S/C14H19ClFN3S/c1-20-7-5-3-2-4-6-19-13-9-11(16)10(15)8-12(13)18-14(19)17/h8-9H,2-7H2,1H3,(H2,17,18). The molecular formula is C14H19ClFN3S. The maximum Gasteiger partial charge on any atom is 0.201 e. The molecule has 20 heavy (non-hydrogen) atoms. The number of nitrogen functional groups attached to an aromatic ring is 1. The van der Waals surface area contributed by atoms with Crippen molar-refractivity contribution < 1.29 is 4.39 Å². The molecule has 0 unspecified atom stereocenters. The lowest BCUT2D eigenvalue weighted by atomic mass is 10.2. The topological polar surface area (TPSA) is 43.8 Å². The van der Waals surface area contributed by atoms with Gasteiger partial charge >= 0.3 is 0 Å².